The highest BCUT2D eigenvalue weighted by Gasteiger charge is 2.37. The van der Waals surface area contributed by atoms with Gasteiger partial charge in [-0.05, 0) is 0 Å². The highest BCUT2D eigenvalue weighted by atomic mass is 35.6. The van der Waals surface area contributed by atoms with Crippen LogP contribution in [-0.4, -0.2) is 19.9 Å². The average Bonchev–Trinajstić information content (AvgIpc) is 2.49. The zero-order chi connectivity index (χ0) is 12.6. The third-order valence-corrected chi connectivity index (χ3v) is 2.54. The second-order valence-electron chi connectivity index (χ2n) is 2.36. The van der Waals surface area contributed by atoms with Crippen molar-refractivity contribution in [2.24, 2.45) is 0 Å². The predicted molar refractivity (Wildman–Crippen MR) is 53.8 cm³/mol. The summed E-state index contributed by atoms with van der Waals surface area (Å²) in [4.78, 5) is 11.0. The van der Waals surface area contributed by atoms with Gasteiger partial charge in [-0.25, -0.2) is 0 Å². The molecular weight excluding hydrogens is 313 g/mol. The van der Waals surface area contributed by atoms with Crippen molar-refractivity contribution in [3.05, 3.63) is 5.01 Å². The first-order chi connectivity index (χ1) is 7.10. The molecule has 0 fully saturated rings. The number of aromatic nitrogens is 2. The van der Waals surface area contributed by atoms with Gasteiger partial charge in [0.25, 0.3) is 9.70 Å². The molecule has 11 heteroatoms. The van der Waals surface area contributed by atoms with E-state index in [1.165, 1.54) is 0 Å². The summed E-state index contributed by atoms with van der Waals surface area (Å²) >= 11 is 15.7. The number of rotatable bonds is 1. The van der Waals surface area contributed by atoms with Crippen LogP contribution in [-0.2, 0) is 11.0 Å². The minimum Gasteiger partial charge on any atom is -0.297 e. The SMILES string of the molecule is O=C(Nc1nnc(C(F)(F)F)s1)C(Cl)(Cl)Cl. The number of nitrogens with zero attached hydrogens (tertiary/aromatic N) is 2. The van der Waals surface area contributed by atoms with Gasteiger partial charge in [-0.2, -0.15) is 13.2 Å². The lowest BCUT2D eigenvalue weighted by molar-refractivity contribution is -0.138. The van der Waals surface area contributed by atoms with Gasteiger partial charge in [-0.1, -0.05) is 46.1 Å². The molecular formula is C5HCl3F3N3OS. The summed E-state index contributed by atoms with van der Waals surface area (Å²) in [6.07, 6.45) is -4.62. The molecule has 1 aromatic heterocycles. The number of amides is 1. The number of alkyl halides is 6. The fourth-order valence-electron chi connectivity index (χ4n) is 0.556. The van der Waals surface area contributed by atoms with Crippen molar-refractivity contribution >= 4 is 57.2 Å². The Kier molecular flexibility index (Phi) is 3.88. The van der Waals surface area contributed by atoms with E-state index in [9.17, 15) is 18.0 Å². The predicted octanol–water partition coefficient (Wildman–Crippen LogP) is 2.87. The van der Waals surface area contributed by atoms with Crippen molar-refractivity contribution in [3.8, 4) is 0 Å². The first kappa shape index (κ1) is 13.8. The Bertz CT molecular complexity index is 402. The number of nitrogens with one attached hydrogen (secondary N) is 1. The normalized spacial score (nSPS) is 12.6. The molecule has 0 atom stereocenters. The molecule has 90 valence electrons. The molecule has 1 aromatic rings. The smallest absolute Gasteiger partial charge is 0.297 e. The highest BCUT2D eigenvalue weighted by molar-refractivity contribution is 7.15. The van der Waals surface area contributed by atoms with E-state index in [-0.39, 0.29) is 11.3 Å². The summed E-state index contributed by atoms with van der Waals surface area (Å²) in [5.74, 6) is -1.11. The Hall–Kier alpha value is -0.310. The van der Waals surface area contributed by atoms with Gasteiger partial charge in [0.1, 0.15) is 0 Å². The number of carbonyl (C=O) groups excluding carboxylic acids is 1. The number of halogens is 6. The summed E-state index contributed by atoms with van der Waals surface area (Å²) in [6.45, 7) is 0. The standard InChI is InChI=1S/C5HCl3F3N3OS/c6-4(7,8)1(15)12-3-14-13-2(16-3)5(9,10)11/h(H,12,14,15). The van der Waals surface area contributed by atoms with Gasteiger partial charge in [0, 0.05) is 0 Å². The maximum absolute atomic E-state index is 12.1. The number of hydrogen-bond donors (Lipinski definition) is 1. The minimum absolute atomic E-state index is 0.129. The minimum atomic E-state index is -4.62. The van der Waals surface area contributed by atoms with Crippen LogP contribution in [0.25, 0.3) is 0 Å². The average molecular weight is 315 g/mol. The van der Waals surface area contributed by atoms with Gasteiger partial charge in [-0.3, -0.25) is 10.1 Å². The molecule has 16 heavy (non-hydrogen) atoms. The third kappa shape index (κ3) is 3.62. The summed E-state index contributed by atoms with van der Waals surface area (Å²) in [7, 11) is 0. The molecule has 0 aliphatic carbocycles. The van der Waals surface area contributed by atoms with Crippen LogP contribution in [0.15, 0.2) is 0 Å². The number of carbonyl (C=O) groups is 1. The van der Waals surface area contributed by atoms with Crippen LogP contribution in [0.3, 0.4) is 0 Å². The lowest BCUT2D eigenvalue weighted by Crippen LogP contribution is -2.26. The van der Waals surface area contributed by atoms with Crippen molar-refractivity contribution in [2.45, 2.75) is 9.97 Å². The van der Waals surface area contributed by atoms with E-state index in [2.05, 4.69) is 10.2 Å². The van der Waals surface area contributed by atoms with Gasteiger partial charge in [0.15, 0.2) is 0 Å². The van der Waals surface area contributed by atoms with E-state index in [1.54, 1.807) is 0 Å². The van der Waals surface area contributed by atoms with Crippen molar-refractivity contribution in [1.29, 1.82) is 0 Å². The van der Waals surface area contributed by atoms with Crippen LogP contribution in [0.1, 0.15) is 5.01 Å². The molecule has 1 rings (SSSR count). The molecule has 1 heterocycles. The van der Waals surface area contributed by atoms with Crippen molar-refractivity contribution < 1.29 is 18.0 Å². The fourth-order valence-corrected chi connectivity index (χ4v) is 1.30. The molecule has 0 aromatic carbocycles. The molecule has 0 bridgehead atoms. The van der Waals surface area contributed by atoms with Crippen LogP contribution in [0.4, 0.5) is 18.3 Å². The van der Waals surface area contributed by atoms with Crippen LogP contribution >= 0.6 is 46.1 Å². The van der Waals surface area contributed by atoms with Gasteiger partial charge >= 0.3 is 6.18 Å². The van der Waals surface area contributed by atoms with Crippen LogP contribution in [0, 0.1) is 0 Å². The molecule has 0 radical (unpaired) electrons. The summed E-state index contributed by atoms with van der Waals surface area (Å²) < 4.78 is 34.0. The van der Waals surface area contributed by atoms with Gasteiger partial charge in [-0.15, -0.1) is 10.2 Å². The first-order valence-electron chi connectivity index (χ1n) is 3.39. The Morgan fingerprint density at radius 1 is 1.25 bits per heavy atom. The summed E-state index contributed by atoms with van der Waals surface area (Å²) in [5, 5.41) is 6.18. The molecule has 1 amide bonds. The molecule has 0 saturated carbocycles. The molecule has 4 nitrogen and oxygen atoms in total. The zero-order valence-corrected chi connectivity index (χ0v) is 10.1. The zero-order valence-electron chi connectivity index (χ0n) is 6.98. The first-order valence-corrected chi connectivity index (χ1v) is 5.34. The lowest BCUT2D eigenvalue weighted by Gasteiger charge is -2.08. The van der Waals surface area contributed by atoms with Gasteiger partial charge in [0.05, 0.1) is 0 Å². The van der Waals surface area contributed by atoms with Crippen LogP contribution in [0.2, 0.25) is 0 Å². The molecule has 0 saturated heterocycles. The maximum atomic E-state index is 12.1. The second kappa shape index (κ2) is 4.52. The molecule has 1 N–H and O–H groups in total. The van der Waals surface area contributed by atoms with Crippen molar-refractivity contribution in [2.75, 3.05) is 5.32 Å². The quantitative estimate of drug-likeness (QED) is 0.811. The van der Waals surface area contributed by atoms with Crippen LogP contribution in [0.5, 0.6) is 0 Å². The third-order valence-electron chi connectivity index (χ3n) is 1.15. The Balaban J connectivity index is 2.78. The summed E-state index contributed by atoms with van der Waals surface area (Å²) in [6, 6.07) is 0. The van der Waals surface area contributed by atoms with Gasteiger partial charge in [0.2, 0.25) is 10.1 Å². The molecule has 0 spiro atoms. The largest absolute Gasteiger partial charge is 0.445 e. The Labute approximate surface area is 106 Å². The monoisotopic (exact) mass is 313 g/mol. The lowest BCUT2D eigenvalue weighted by atomic mass is 10.7. The van der Waals surface area contributed by atoms with Crippen LogP contribution < -0.4 is 5.32 Å². The Morgan fingerprint density at radius 3 is 2.19 bits per heavy atom. The number of anilines is 1. The maximum Gasteiger partial charge on any atom is 0.445 e. The van der Waals surface area contributed by atoms with E-state index in [1.807, 2.05) is 5.32 Å². The van der Waals surface area contributed by atoms with E-state index in [0.29, 0.717) is 0 Å². The molecule has 0 aliphatic rings. The molecule has 0 unspecified atom stereocenters. The van der Waals surface area contributed by atoms with Crippen molar-refractivity contribution in [3.63, 3.8) is 0 Å². The summed E-state index contributed by atoms with van der Waals surface area (Å²) in [5.41, 5.74) is 0. The van der Waals surface area contributed by atoms with E-state index in [0.717, 1.165) is 0 Å². The highest BCUT2D eigenvalue weighted by Crippen LogP contribution is 2.34. The fraction of sp³-hybridized carbons (Fsp3) is 0.400. The Morgan fingerprint density at radius 2 is 1.81 bits per heavy atom. The van der Waals surface area contributed by atoms with Crippen molar-refractivity contribution in [1.82, 2.24) is 10.2 Å². The molecule has 0 aliphatic heterocycles. The van der Waals surface area contributed by atoms with Gasteiger partial charge < -0.3 is 0 Å². The number of hydrogen-bond acceptors (Lipinski definition) is 4. The van der Waals surface area contributed by atoms with E-state index < -0.39 is 26.0 Å². The topological polar surface area (TPSA) is 54.9 Å². The van der Waals surface area contributed by atoms with E-state index in [4.69, 9.17) is 34.8 Å². The van der Waals surface area contributed by atoms with E-state index >= 15 is 0 Å². The second-order valence-corrected chi connectivity index (χ2v) is 5.62.